The van der Waals surface area contributed by atoms with Crippen LogP contribution in [-0.4, -0.2) is 5.24 Å². The van der Waals surface area contributed by atoms with Crippen molar-refractivity contribution >= 4 is 27.8 Å². The molecular formula is C10H7ClO2. The molecular weight excluding hydrogens is 188 g/mol. The van der Waals surface area contributed by atoms with E-state index in [1.54, 1.807) is 6.26 Å². The lowest BCUT2D eigenvalue weighted by Crippen LogP contribution is -1.90. The van der Waals surface area contributed by atoms with Gasteiger partial charge in [0.05, 0.1) is 12.7 Å². The van der Waals surface area contributed by atoms with Gasteiger partial charge in [0.2, 0.25) is 5.24 Å². The first-order chi connectivity index (χ1) is 6.27. The summed E-state index contributed by atoms with van der Waals surface area (Å²) in [5.41, 5.74) is 1.63. The van der Waals surface area contributed by atoms with Crippen LogP contribution in [0, 0.1) is 0 Å². The van der Waals surface area contributed by atoms with Gasteiger partial charge in [-0.25, -0.2) is 0 Å². The Labute approximate surface area is 80.1 Å². The molecule has 0 saturated heterocycles. The lowest BCUT2D eigenvalue weighted by atomic mass is 10.1. The second-order valence-corrected chi connectivity index (χ2v) is 3.21. The molecule has 0 unspecified atom stereocenters. The Hall–Kier alpha value is -1.28. The zero-order valence-electron chi connectivity index (χ0n) is 6.79. The molecule has 1 heterocycles. The van der Waals surface area contributed by atoms with Crippen LogP contribution in [0.15, 0.2) is 34.9 Å². The molecule has 66 valence electrons. The van der Waals surface area contributed by atoms with Gasteiger partial charge in [-0.1, -0.05) is 18.2 Å². The number of benzene rings is 1. The molecule has 0 bridgehead atoms. The smallest absolute Gasteiger partial charge is 0.226 e. The fourth-order valence-electron chi connectivity index (χ4n) is 1.32. The van der Waals surface area contributed by atoms with E-state index in [4.69, 9.17) is 16.0 Å². The highest BCUT2D eigenvalue weighted by Crippen LogP contribution is 2.21. The summed E-state index contributed by atoms with van der Waals surface area (Å²) in [6.45, 7) is 0. The number of furan rings is 1. The van der Waals surface area contributed by atoms with E-state index < -0.39 is 0 Å². The minimum absolute atomic E-state index is 0.221. The Morgan fingerprint density at radius 2 is 2.15 bits per heavy atom. The van der Waals surface area contributed by atoms with Gasteiger partial charge >= 0.3 is 0 Å². The maximum absolute atomic E-state index is 10.7. The van der Waals surface area contributed by atoms with E-state index in [0.717, 1.165) is 16.5 Å². The highest BCUT2D eigenvalue weighted by Gasteiger charge is 2.07. The first kappa shape index (κ1) is 8.32. The molecule has 0 fully saturated rings. The Morgan fingerprint density at radius 3 is 2.92 bits per heavy atom. The maximum atomic E-state index is 10.7. The summed E-state index contributed by atoms with van der Waals surface area (Å²) >= 11 is 5.29. The van der Waals surface area contributed by atoms with E-state index in [9.17, 15) is 4.79 Å². The summed E-state index contributed by atoms with van der Waals surface area (Å²) in [5.74, 6) is 0. The van der Waals surface area contributed by atoms with Crippen molar-refractivity contribution in [2.45, 2.75) is 6.42 Å². The molecule has 2 aromatic rings. The van der Waals surface area contributed by atoms with Crippen LogP contribution in [0.2, 0.25) is 0 Å². The van der Waals surface area contributed by atoms with E-state index in [1.165, 1.54) is 0 Å². The number of carbonyl (C=O) groups is 1. The summed E-state index contributed by atoms with van der Waals surface area (Å²) in [5, 5.41) is 0.586. The molecule has 2 rings (SSSR count). The molecule has 0 saturated carbocycles. The number of fused-ring (bicyclic) bond motifs is 1. The molecule has 13 heavy (non-hydrogen) atoms. The summed E-state index contributed by atoms with van der Waals surface area (Å²) in [7, 11) is 0. The van der Waals surface area contributed by atoms with Gasteiger partial charge in [0.15, 0.2) is 0 Å². The fourth-order valence-corrected chi connectivity index (χ4v) is 1.46. The third kappa shape index (κ3) is 1.58. The van der Waals surface area contributed by atoms with Crippen LogP contribution < -0.4 is 0 Å². The predicted octanol–water partition coefficient (Wildman–Crippen LogP) is 2.74. The molecule has 0 amide bonds. The lowest BCUT2D eigenvalue weighted by Gasteiger charge is -1.90. The number of hydrogen-bond donors (Lipinski definition) is 0. The van der Waals surface area contributed by atoms with E-state index in [1.807, 2.05) is 24.3 Å². The van der Waals surface area contributed by atoms with Gasteiger partial charge in [0, 0.05) is 10.9 Å². The Kier molecular flexibility index (Phi) is 2.07. The average Bonchev–Trinajstić information content (AvgIpc) is 2.48. The van der Waals surface area contributed by atoms with Crippen molar-refractivity contribution in [1.29, 1.82) is 0 Å². The van der Waals surface area contributed by atoms with Crippen molar-refractivity contribution in [2.24, 2.45) is 0 Å². The quantitative estimate of drug-likeness (QED) is 0.689. The molecule has 0 aliphatic heterocycles. The molecule has 1 aromatic carbocycles. The van der Waals surface area contributed by atoms with Crippen molar-refractivity contribution < 1.29 is 9.21 Å². The van der Waals surface area contributed by atoms with Gasteiger partial charge in [-0.05, 0) is 17.7 Å². The second kappa shape index (κ2) is 3.23. The maximum Gasteiger partial charge on any atom is 0.226 e. The highest BCUT2D eigenvalue weighted by atomic mass is 35.5. The number of para-hydroxylation sites is 1. The summed E-state index contributed by atoms with van der Waals surface area (Å²) in [6, 6.07) is 7.56. The molecule has 0 aliphatic carbocycles. The number of hydrogen-bond acceptors (Lipinski definition) is 2. The van der Waals surface area contributed by atoms with Crippen molar-refractivity contribution in [3.05, 3.63) is 36.1 Å². The van der Waals surface area contributed by atoms with Crippen molar-refractivity contribution in [1.82, 2.24) is 0 Å². The zero-order valence-corrected chi connectivity index (χ0v) is 7.54. The van der Waals surface area contributed by atoms with Gasteiger partial charge in [0.1, 0.15) is 5.58 Å². The number of halogens is 1. The Morgan fingerprint density at radius 1 is 1.38 bits per heavy atom. The van der Waals surface area contributed by atoms with Gasteiger partial charge in [0.25, 0.3) is 0 Å². The van der Waals surface area contributed by atoms with Crippen LogP contribution in [0.3, 0.4) is 0 Å². The molecule has 0 spiro atoms. The van der Waals surface area contributed by atoms with E-state index in [-0.39, 0.29) is 11.7 Å². The lowest BCUT2D eigenvalue weighted by molar-refractivity contribution is -0.111. The van der Waals surface area contributed by atoms with E-state index in [2.05, 4.69) is 0 Å². The monoisotopic (exact) mass is 194 g/mol. The van der Waals surface area contributed by atoms with Crippen LogP contribution in [0.5, 0.6) is 0 Å². The third-order valence-corrected chi connectivity index (χ3v) is 2.02. The van der Waals surface area contributed by atoms with Crippen LogP contribution in [0.4, 0.5) is 0 Å². The molecule has 2 nitrogen and oxygen atoms in total. The first-order valence-electron chi connectivity index (χ1n) is 3.91. The molecule has 0 aliphatic rings. The Bertz CT molecular complexity index is 445. The summed E-state index contributed by atoms with van der Waals surface area (Å²) < 4.78 is 5.24. The summed E-state index contributed by atoms with van der Waals surface area (Å²) in [6.07, 6.45) is 1.80. The largest absolute Gasteiger partial charge is 0.464 e. The topological polar surface area (TPSA) is 30.2 Å². The van der Waals surface area contributed by atoms with Crippen LogP contribution in [0.1, 0.15) is 5.56 Å². The van der Waals surface area contributed by atoms with E-state index in [0.29, 0.717) is 0 Å². The van der Waals surface area contributed by atoms with Gasteiger partial charge in [-0.2, -0.15) is 0 Å². The zero-order chi connectivity index (χ0) is 9.26. The summed E-state index contributed by atoms with van der Waals surface area (Å²) in [4.78, 5) is 10.7. The third-order valence-electron chi connectivity index (χ3n) is 1.89. The van der Waals surface area contributed by atoms with Crippen LogP contribution in [-0.2, 0) is 11.2 Å². The Balaban J connectivity index is 2.51. The highest BCUT2D eigenvalue weighted by molar-refractivity contribution is 6.63. The number of rotatable bonds is 2. The fraction of sp³-hybridized carbons (Fsp3) is 0.100. The standard InChI is InChI=1S/C10H7ClO2/c11-10(12)5-7-6-13-9-4-2-1-3-8(7)9/h1-4,6H,5H2. The molecule has 0 atom stereocenters. The molecule has 1 aromatic heterocycles. The van der Waals surface area contributed by atoms with Crippen LogP contribution in [0.25, 0.3) is 11.0 Å². The van der Waals surface area contributed by atoms with Crippen LogP contribution >= 0.6 is 11.6 Å². The van der Waals surface area contributed by atoms with Crippen molar-refractivity contribution in [3.8, 4) is 0 Å². The SMILES string of the molecule is O=C(Cl)Cc1coc2ccccc12. The first-order valence-corrected chi connectivity index (χ1v) is 4.28. The predicted molar refractivity (Wildman–Crippen MR) is 50.8 cm³/mol. The number of carbonyl (C=O) groups excluding carboxylic acids is 1. The average molecular weight is 195 g/mol. The van der Waals surface area contributed by atoms with Gasteiger partial charge < -0.3 is 4.42 Å². The normalized spacial score (nSPS) is 10.5. The van der Waals surface area contributed by atoms with Gasteiger partial charge in [-0.15, -0.1) is 0 Å². The second-order valence-electron chi connectivity index (χ2n) is 2.79. The van der Waals surface area contributed by atoms with Gasteiger partial charge in [-0.3, -0.25) is 4.79 Å². The van der Waals surface area contributed by atoms with E-state index >= 15 is 0 Å². The van der Waals surface area contributed by atoms with Crippen molar-refractivity contribution in [2.75, 3.05) is 0 Å². The minimum Gasteiger partial charge on any atom is -0.464 e. The minimum atomic E-state index is -0.369. The van der Waals surface area contributed by atoms with Crippen molar-refractivity contribution in [3.63, 3.8) is 0 Å². The molecule has 3 heteroatoms. The molecule has 0 radical (unpaired) electrons. The molecule has 0 N–H and O–H groups in total.